The lowest BCUT2D eigenvalue weighted by Gasteiger charge is -2.08. The molecule has 0 fully saturated rings. The summed E-state index contributed by atoms with van der Waals surface area (Å²) in [6, 6.07) is 0. The van der Waals surface area contributed by atoms with E-state index >= 15 is 0 Å². The minimum Gasteiger partial charge on any atom is -0.478 e. The molecule has 8 heteroatoms. The molecular weight excluding hydrogens is 282 g/mol. The monoisotopic (exact) mass is 299 g/mol. The zero-order valence-corrected chi connectivity index (χ0v) is 12.3. The molecule has 0 radical (unpaired) electrons. The Hall–Kier alpha value is -1.83. The van der Waals surface area contributed by atoms with Crippen molar-refractivity contribution in [2.45, 2.75) is 25.8 Å². The minimum atomic E-state index is -1.18. The predicted octanol–water partition coefficient (Wildman–Crippen LogP) is 0.641. The number of aryl methyl sites for hydroxylation is 1. The number of hydrogen-bond donors (Lipinski definition) is 3. The van der Waals surface area contributed by atoms with Crippen LogP contribution in [0.1, 0.15) is 29.9 Å². The molecule has 0 saturated heterocycles. The normalized spacial score (nSPS) is 10.6. The maximum absolute atomic E-state index is 11.6. The van der Waals surface area contributed by atoms with Gasteiger partial charge < -0.3 is 15.4 Å². The Balaban J connectivity index is 2.80. The average Bonchev–Trinajstić information content (AvgIpc) is 2.32. The second-order valence-electron chi connectivity index (χ2n) is 4.64. The van der Waals surface area contributed by atoms with Crippen LogP contribution in [0.15, 0.2) is 9.82 Å². The summed E-state index contributed by atoms with van der Waals surface area (Å²) >= 11 is 0.939. The van der Waals surface area contributed by atoms with Crippen molar-refractivity contribution < 1.29 is 14.7 Å². The quantitative estimate of drug-likeness (QED) is 0.525. The van der Waals surface area contributed by atoms with E-state index in [0.29, 0.717) is 12.5 Å². The van der Waals surface area contributed by atoms with E-state index in [9.17, 15) is 14.4 Å². The molecule has 20 heavy (non-hydrogen) atoms. The van der Waals surface area contributed by atoms with Crippen LogP contribution in [0, 0.1) is 12.8 Å². The van der Waals surface area contributed by atoms with Crippen LogP contribution < -0.4 is 11.0 Å². The van der Waals surface area contributed by atoms with Crippen molar-refractivity contribution in [2.75, 3.05) is 12.3 Å². The van der Waals surface area contributed by atoms with Gasteiger partial charge in [-0.05, 0) is 12.8 Å². The number of aromatic carboxylic acids is 1. The molecule has 3 N–H and O–H groups in total. The number of aromatic amines is 1. The molecule has 0 aliphatic rings. The Morgan fingerprint density at radius 2 is 2.10 bits per heavy atom. The maximum Gasteiger partial charge on any atom is 0.346 e. The van der Waals surface area contributed by atoms with Crippen LogP contribution in [0.5, 0.6) is 0 Å². The fourth-order valence-corrected chi connectivity index (χ4v) is 2.32. The minimum absolute atomic E-state index is 0.0168. The van der Waals surface area contributed by atoms with E-state index in [2.05, 4.69) is 15.3 Å². The van der Waals surface area contributed by atoms with Gasteiger partial charge in [-0.3, -0.25) is 4.79 Å². The van der Waals surface area contributed by atoms with Gasteiger partial charge in [0.1, 0.15) is 10.6 Å². The molecule has 110 valence electrons. The molecule has 1 amide bonds. The number of amides is 1. The zero-order chi connectivity index (χ0) is 15.3. The number of carbonyl (C=O) groups is 2. The van der Waals surface area contributed by atoms with Gasteiger partial charge in [-0.25, -0.2) is 9.59 Å². The lowest BCUT2D eigenvalue weighted by Crippen LogP contribution is -2.29. The first-order valence-corrected chi connectivity index (χ1v) is 7.03. The first-order valence-electron chi connectivity index (χ1n) is 6.05. The molecule has 1 rings (SSSR count). The molecule has 0 unspecified atom stereocenters. The molecule has 0 saturated carbocycles. The van der Waals surface area contributed by atoms with E-state index in [-0.39, 0.29) is 27.9 Å². The number of nitrogens with zero attached hydrogens (tertiary/aromatic N) is 1. The SMILES string of the molecule is Cc1[nH]c(=O)nc(SCC(=O)NCC(C)C)c1C(=O)O. The summed E-state index contributed by atoms with van der Waals surface area (Å²) in [7, 11) is 0. The predicted molar refractivity (Wildman–Crippen MR) is 75.1 cm³/mol. The van der Waals surface area contributed by atoms with Gasteiger partial charge in [0.2, 0.25) is 5.91 Å². The largest absolute Gasteiger partial charge is 0.478 e. The van der Waals surface area contributed by atoms with Crippen LogP contribution in [-0.4, -0.2) is 39.2 Å². The van der Waals surface area contributed by atoms with E-state index in [4.69, 9.17) is 5.11 Å². The topological polar surface area (TPSA) is 112 Å². The number of thioether (sulfide) groups is 1. The van der Waals surface area contributed by atoms with Crippen molar-refractivity contribution >= 4 is 23.6 Å². The summed E-state index contributed by atoms with van der Waals surface area (Å²) in [5.74, 6) is -1.06. The van der Waals surface area contributed by atoms with Gasteiger partial charge >= 0.3 is 11.7 Å². The second-order valence-corrected chi connectivity index (χ2v) is 5.60. The highest BCUT2D eigenvalue weighted by Crippen LogP contribution is 2.20. The van der Waals surface area contributed by atoms with E-state index in [1.54, 1.807) is 0 Å². The van der Waals surface area contributed by atoms with Gasteiger partial charge in [-0.2, -0.15) is 4.98 Å². The van der Waals surface area contributed by atoms with Crippen LogP contribution in [-0.2, 0) is 4.79 Å². The third kappa shape index (κ3) is 4.69. The van der Waals surface area contributed by atoms with Crippen LogP contribution in [0.4, 0.5) is 0 Å². The number of rotatable bonds is 6. The summed E-state index contributed by atoms with van der Waals surface area (Å²) in [6.45, 7) is 5.97. The fraction of sp³-hybridized carbons (Fsp3) is 0.500. The molecule has 0 spiro atoms. The molecule has 1 heterocycles. The highest BCUT2D eigenvalue weighted by atomic mass is 32.2. The Kier molecular flexibility index (Phi) is 5.75. The van der Waals surface area contributed by atoms with Crippen LogP contribution in [0.2, 0.25) is 0 Å². The van der Waals surface area contributed by atoms with E-state index < -0.39 is 11.7 Å². The number of aromatic nitrogens is 2. The van der Waals surface area contributed by atoms with Crippen molar-refractivity contribution in [3.63, 3.8) is 0 Å². The van der Waals surface area contributed by atoms with Crippen LogP contribution in [0.3, 0.4) is 0 Å². The Bertz CT molecular complexity index is 568. The van der Waals surface area contributed by atoms with Gasteiger partial charge in [0.15, 0.2) is 0 Å². The number of nitrogens with one attached hydrogen (secondary N) is 2. The van der Waals surface area contributed by atoms with E-state index in [1.807, 2.05) is 13.8 Å². The van der Waals surface area contributed by atoms with Crippen molar-refractivity contribution in [3.8, 4) is 0 Å². The van der Waals surface area contributed by atoms with Gasteiger partial charge in [-0.1, -0.05) is 25.6 Å². The van der Waals surface area contributed by atoms with Gasteiger partial charge in [-0.15, -0.1) is 0 Å². The smallest absolute Gasteiger partial charge is 0.346 e. The molecule has 0 bridgehead atoms. The number of carboxylic acids is 1. The molecule has 7 nitrogen and oxygen atoms in total. The van der Waals surface area contributed by atoms with Crippen molar-refractivity contribution in [3.05, 3.63) is 21.7 Å². The molecule has 0 aromatic carbocycles. The number of carbonyl (C=O) groups excluding carboxylic acids is 1. The summed E-state index contributed by atoms with van der Waals surface area (Å²) in [5.41, 5.74) is -0.480. The van der Waals surface area contributed by atoms with Gasteiger partial charge in [0.25, 0.3) is 0 Å². The maximum atomic E-state index is 11.6. The van der Waals surface area contributed by atoms with Crippen molar-refractivity contribution in [1.29, 1.82) is 0 Å². The average molecular weight is 299 g/mol. The summed E-state index contributed by atoms with van der Waals surface area (Å²) in [6.07, 6.45) is 0. The number of hydrogen-bond acceptors (Lipinski definition) is 5. The molecular formula is C12H17N3O4S. The molecule has 1 aromatic rings. The van der Waals surface area contributed by atoms with Crippen molar-refractivity contribution in [2.24, 2.45) is 5.92 Å². The van der Waals surface area contributed by atoms with Gasteiger partial charge in [0, 0.05) is 12.2 Å². The third-order valence-electron chi connectivity index (χ3n) is 2.35. The Labute approximate surface area is 120 Å². The number of carboxylic acid groups (broad SMARTS) is 1. The zero-order valence-electron chi connectivity index (χ0n) is 11.5. The van der Waals surface area contributed by atoms with E-state index in [1.165, 1.54) is 6.92 Å². The standard InChI is InChI=1S/C12H17N3O4S/c1-6(2)4-13-8(16)5-20-10-9(11(17)18)7(3)14-12(19)15-10/h6H,4-5H2,1-3H3,(H,13,16)(H,17,18)(H,14,15,19). The Morgan fingerprint density at radius 1 is 1.45 bits per heavy atom. The first kappa shape index (κ1) is 16.2. The second kappa shape index (κ2) is 7.09. The molecule has 0 atom stereocenters. The van der Waals surface area contributed by atoms with Gasteiger partial charge in [0.05, 0.1) is 5.75 Å². The summed E-state index contributed by atoms with van der Waals surface area (Å²) < 4.78 is 0. The highest BCUT2D eigenvalue weighted by molar-refractivity contribution is 8.00. The van der Waals surface area contributed by atoms with Crippen LogP contribution in [0.25, 0.3) is 0 Å². The highest BCUT2D eigenvalue weighted by Gasteiger charge is 2.17. The lowest BCUT2D eigenvalue weighted by atomic mass is 10.2. The molecule has 1 aromatic heterocycles. The summed E-state index contributed by atoms with van der Waals surface area (Å²) in [4.78, 5) is 39.9. The lowest BCUT2D eigenvalue weighted by molar-refractivity contribution is -0.118. The van der Waals surface area contributed by atoms with Crippen LogP contribution >= 0.6 is 11.8 Å². The Morgan fingerprint density at radius 3 is 2.65 bits per heavy atom. The fourth-order valence-electron chi connectivity index (χ4n) is 1.42. The van der Waals surface area contributed by atoms with E-state index in [0.717, 1.165) is 11.8 Å². The molecule has 0 aliphatic carbocycles. The molecule has 0 aliphatic heterocycles. The third-order valence-corrected chi connectivity index (χ3v) is 3.32. The number of H-pyrrole nitrogens is 1. The summed E-state index contributed by atoms with van der Waals surface area (Å²) in [5, 5.41) is 11.9. The van der Waals surface area contributed by atoms with Crippen molar-refractivity contribution in [1.82, 2.24) is 15.3 Å². The first-order chi connectivity index (χ1) is 9.31.